The molecule has 0 fully saturated rings. The summed E-state index contributed by atoms with van der Waals surface area (Å²) < 4.78 is 3.06. The maximum absolute atomic E-state index is 10.1. The van der Waals surface area contributed by atoms with Crippen molar-refractivity contribution in [3.8, 4) is 0 Å². The Kier molecular flexibility index (Phi) is 3.99. The monoisotopic (exact) mass is 348 g/mol. The van der Waals surface area contributed by atoms with Gasteiger partial charge < -0.3 is 5.11 Å². The molecule has 0 bridgehead atoms. The molecule has 0 saturated carbocycles. The predicted octanol–water partition coefficient (Wildman–Crippen LogP) is 3.04. The summed E-state index contributed by atoms with van der Waals surface area (Å²) in [6.45, 7) is 3.01. The van der Waals surface area contributed by atoms with Crippen LogP contribution in [0.15, 0.2) is 23.8 Å². The van der Waals surface area contributed by atoms with Crippen molar-refractivity contribution < 1.29 is 5.11 Å². The topological polar surface area (TPSA) is 38.0 Å². The largest absolute Gasteiger partial charge is 0.384 e. The Balaban J connectivity index is 2.17. The number of aryl methyl sites for hydroxylation is 1. The summed E-state index contributed by atoms with van der Waals surface area (Å²) >= 11 is 3.90. The summed E-state index contributed by atoms with van der Waals surface area (Å²) in [6.07, 6.45) is 4.15. The molecule has 2 heterocycles. The van der Waals surface area contributed by atoms with Crippen LogP contribution >= 0.6 is 33.9 Å². The van der Waals surface area contributed by atoms with Crippen molar-refractivity contribution >= 4 is 33.9 Å². The molecule has 3 nitrogen and oxygen atoms in total. The molecule has 5 heteroatoms. The van der Waals surface area contributed by atoms with Gasteiger partial charge in [-0.15, -0.1) is 11.3 Å². The molecule has 0 aliphatic carbocycles. The minimum absolute atomic E-state index is 0.551. The molecule has 86 valence electrons. The van der Waals surface area contributed by atoms with E-state index in [-0.39, 0.29) is 0 Å². The lowest BCUT2D eigenvalue weighted by Gasteiger charge is -2.04. The van der Waals surface area contributed by atoms with E-state index in [4.69, 9.17) is 0 Å². The van der Waals surface area contributed by atoms with Crippen LogP contribution in [0.25, 0.3) is 0 Å². The molecule has 1 N–H and O–H groups in total. The summed E-state index contributed by atoms with van der Waals surface area (Å²) in [5, 5.41) is 16.3. The number of aromatic nitrogens is 2. The lowest BCUT2D eigenvalue weighted by atomic mass is 10.1. The van der Waals surface area contributed by atoms with Gasteiger partial charge in [-0.1, -0.05) is 6.92 Å². The molecule has 1 unspecified atom stereocenters. The number of hydrogen-bond acceptors (Lipinski definition) is 3. The van der Waals surface area contributed by atoms with Crippen LogP contribution in [0.2, 0.25) is 0 Å². The first kappa shape index (κ1) is 12.1. The second kappa shape index (κ2) is 5.29. The lowest BCUT2D eigenvalue weighted by Crippen LogP contribution is -1.98. The zero-order valence-electron chi connectivity index (χ0n) is 8.93. The highest BCUT2D eigenvalue weighted by Gasteiger charge is 2.13. The van der Waals surface area contributed by atoms with E-state index in [0.29, 0.717) is 0 Å². The van der Waals surface area contributed by atoms with Gasteiger partial charge in [0.05, 0.1) is 9.08 Å². The highest BCUT2D eigenvalue weighted by atomic mass is 127. The fraction of sp³-hybridized carbons (Fsp3) is 0.364. The molecule has 0 amide bonds. The van der Waals surface area contributed by atoms with Gasteiger partial charge in [-0.25, -0.2) is 0 Å². The Morgan fingerprint density at radius 2 is 2.38 bits per heavy atom. The van der Waals surface area contributed by atoms with E-state index in [1.807, 2.05) is 22.3 Å². The number of aliphatic hydroxyl groups is 1. The molecular weight excluding hydrogens is 335 g/mol. The summed E-state index contributed by atoms with van der Waals surface area (Å²) in [4.78, 5) is 0. The fourth-order valence-corrected chi connectivity index (χ4v) is 2.92. The predicted molar refractivity (Wildman–Crippen MR) is 73.6 cm³/mol. The van der Waals surface area contributed by atoms with Crippen molar-refractivity contribution in [2.45, 2.75) is 26.0 Å². The van der Waals surface area contributed by atoms with Gasteiger partial charge >= 0.3 is 0 Å². The van der Waals surface area contributed by atoms with E-state index in [2.05, 4.69) is 34.6 Å². The molecule has 1 atom stereocenters. The summed E-state index contributed by atoms with van der Waals surface area (Å²) in [7, 11) is 0. The van der Waals surface area contributed by atoms with Crippen molar-refractivity contribution in [2.75, 3.05) is 0 Å². The molecule has 0 aliphatic rings. The van der Waals surface area contributed by atoms with Gasteiger partial charge in [-0.3, -0.25) is 4.68 Å². The van der Waals surface area contributed by atoms with E-state index >= 15 is 0 Å². The quantitative estimate of drug-likeness (QED) is 0.863. The van der Waals surface area contributed by atoms with Crippen LogP contribution in [0.5, 0.6) is 0 Å². The Labute approximate surface area is 112 Å². The van der Waals surface area contributed by atoms with E-state index in [0.717, 1.165) is 24.1 Å². The summed E-state index contributed by atoms with van der Waals surface area (Å²) in [6, 6.07) is 2.01. The van der Waals surface area contributed by atoms with E-state index < -0.39 is 6.10 Å². The molecule has 2 aromatic rings. The SMILES string of the molecule is CCCn1cc(C(O)c2csc(I)c2)cn1. The molecule has 0 radical (unpaired) electrons. The number of rotatable bonds is 4. The standard InChI is InChI=1S/C11H13IN2OS/c1-2-3-14-6-9(5-13-14)11(15)8-4-10(12)16-7-8/h4-7,11,15H,2-3H2,1H3. The van der Waals surface area contributed by atoms with Gasteiger partial charge in [0.2, 0.25) is 0 Å². The van der Waals surface area contributed by atoms with Crippen molar-refractivity contribution in [1.82, 2.24) is 9.78 Å². The Hall–Kier alpha value is -0.400. The van der Waals surface area contributed by atoms with Crippen LogP contribution in [0.1, 0.15) is 30.6 Å². The number of thiophene rings is 1. The van der Waals surface area contributed by atoms with Gasteiger partial charge in [-0.05, 0) is 46.0 Å². The molecule has 0 spiro atoms. The van der Waals surface area contributed by atoms with Gasteiger partial charge in [-0.2, -0.15) is 5.10 Å². The van der Waals surface area contributed by atoms with Crippen molar-refractivity contribution in [2.24, 2.45) is 0 Å². The van der Waals surface area contributed by atoms with Crippen LogP contribution in [0.4, 0.5) is 0 Å². The van der Waals surface area contributed by atoms with Gasteiger partial charge in [0.15, 0.2) is 0 Å². The number of aliphatic hydroxyl groups excluding tert-OH is 1. The number of nitrogens with zero attached hydrogens (tertiary/aromatic N) is 2. The maximum Gasteiger partial charge on any atom is 0.108 e. The first-order valence-electron chi connectivity index (χ1n) is 5.15. The van der Waals surface area contributed by atoms with Crippen molar-refractivity contribution in [3.63, 3.8) is 0 Å². The van der Waals surface area contributed by atoms with Crippen LogP contribution in [-0.4, -0.2) is 14.9 Å². The zero-order chi connectivity index (χ0) is 11.5. The van der Waals surface area contributed by atoms with Crippen LogP contribution < -0.4 is 0 Å². The highest BCUT2D eigenvalue weighted by molar-refractivity contribution is 14.1. The molecule has 0 saturated heterocycles. The van der Waals surface area contributed by atoms with Crippen LogP contribution in [-0.2, 0) is 6.54 Å². The van der Waals surface area contributed by atoms with E-state index in [1.165, 1.54) is 2.88 Å². The molecule has 0 aromatic carbocycles. The van der Waals surface area contributed by atoms with Crippen LogP contribution in [0, 0.1) is 2.88 Å². The lowest BCUT2D eigenvalue weighted by molar-refractivity contribution is 0.220. The second-order valence-electron chi connectivity index (χ2n) is 3.62. The first-order chi connectivity index (χ1) is 7.70. The highest BCUT2D eigenvalue weighted by Crippen LogP contribution is 2.26. The smallest absolute Gasteiger partial charge is 0.108 e. The third kappa shape index (κ3) is 2.64. The molecule has 2 aromatic heterocycles. The van der Waals surface area contributed by atoms with Crippen molar-refractivity contribution in [1.29, 1.82) is 0 Å². The number of hydrogen-bond donors (Lipinski definition) is 1. The van der Waals surface area contributed by atoms with Crippen LogP contribution in [0.3, 0.4) is 0 Å². The molecular formula is C11H13IN2OS. The summed E-state index contributed by atoms with van der Waals surface area (Å²) in [5.41, 5.74) is 1.81. The third-order valence-corrected chi connectivity index (χ3v) is 4.13. The third-order valence-electron chi connectivity index (χ3n) is 2.33. The van der Waals surface area contributed by atoms with Crippen molar-refractivity contribution in [3.05, 3.63) is 37.9 Å². The average molecular weight is 348 g/mol. The van der Waals surface area contributed by atoms with Gasteiger partial charge in [0.25, 0.3) is 0 Å². The number of halogens is 1. The summed E-state index contributed by atoms with van der Waals surface area (Å²) in [5.74, 6) is 0. The zero-order valence-corrected chi connectivity index (χ0v) is 11.9. The molecule has 0 aliphatic heterocycles. The second-order valence-corrected chi connectivity index (χ2v) is 6.43. The normalized spacial score (nSPS) is 12.9. The first-order valence-corrected chi connectivity index (χ1v) is 7.11. The minimum atomic E-state index is -0.551. The fourth-order valence-electron chi connectivity index (χ4n) is 1.53. The molecule has 2 rings (SSSR count). The Bertz CT molecular complexity index is 466. The Morgan fingerprint density at radius 3 is 3.00 bits per heavy atom. The molecule has 16 heavy (non-hydrogen) atoms. The van der Waals surface area contributed by atoms with Gasteiger partial charge in [0, 0.05) is 18.3 Å². The van der Waals surface area contributed by atoms with Gasteiger partial charge in [0.1, 0.15) is 6.10 Å². The average Bonchev–Trinajstić information content (AvgIpc) is 2.87. The van der Waals surface area contributed by atoms with E-state index in [9.17, 15) is 5.11 Å². The van der Waals surface area contributed by atoms with E-state index in [1.54, 1.807) is 17.5 Å². The maximum atomic E-state index is 10.1. The minimum Gasteiger partial charge on any atom is -0.384 e. The Morgan fingerprint density at radius 1 is 1.56 bits per heavy atom.